The number of nitrogens with zero attached hydrogens (tertiary/aromatic N) is 5. The zero-order valence-corrected chi connectivity index (χ0v) is 19.2. The number of aryl methyl sites for hydroxylation is 1. The van der Waals surface area contributed by atoms with Crippen molar-refractivity contribution in [2.24, 2.45) is 5.92 Å². The lowest BCUT2D eigenvalue weighted by molar-refractivity contribution is 0.0690. The molecule has 0 spiro atoms. The molecule has 0 saturated heterocycles. The molecular weight excluding hydrogens is 452 g/mol. The average Bonchev–Trinajstić information content (AvgIpc) is 3.44. The van der Waals surface area contributed by atoms with E-state index in [1.165, 1.54) is 16.0 Å². The quantitative estimate of drug-likeness (QED) is 0.361. The van der Waals surface area contributed by atoms with E-state index < -0.39 is 5.97 Å². The number of anilines is 1. The summed E-state index contributed by atoms with van der Waals surface area (Å²) in [5, 5.41) is 24.9. The van der Waals surface area contributed by atoms with E-state index in [0.717, 1.165) is 40.0 Å². The van der Waals surface area contributed by atoms with Crippen molar-refractivity contribution < 1.29 is 14.7 Å². The number of carboxylic acids is 1. The second kappa shape index (κ2) is 9.14. The van der Waals surface area contributed by atoms with E-state index >= 15 is 0 Å². The number of thiazole rings is 1. The lowest BCUT2D eigenvalue weighted by atomic mass is 9.98. The molecule has 2 aromatic heterocycles. The summed E-state index contributed by atoms with van der Waals surface area (Å²) in [6.45, 7) is 2.44. The maximum atomic E-state index is 12.6. The summed E-state index contributed by atoms with van der Waals surface area (Å²) in [4.78, 5) is 28.9. The van der Waals surface area contributed by atoms with E-state index in [0.29, 0.717) is 23.9 Å². The molecule has 1 aliphatic rings. The van der Waals surface area contributed by atoms with Crippen LogP contribution in [0.3, 0.4) is 0 Å². The summed E-state index contributed by atoms with van der Waals surface area (Å²) in [7, 11) is 0. The lowest BCUT2D eigenvalue weighted by Gasteiger charge is -2.10. The molecule has 9 nitrogen and oxygen atoms in total. The molecule has 2 N–H and O–H groups in total. The Morgan fingerprint density at radius 3 is 2.50 bits per heavy atom. The van der Waals surface area contributed by atoms with Gasteiger partial charge < -0.3 is 10.4 Å². The minimum atomic E-state index is -1.01. The third-order valence-electron chi connectivity index (χ3n) is 5.70. The fourth-order valence-electron chi connectivity index (χ4n) is 3.75. The molecule has 5 rings (SSSR count). The number of hydrogen-bond donors (Lipinski definition) is 2. The largest absolute Gasteiger partial charge is 0.476 e. The van der Waals surface area contributed by atoms with Crippen molar-refractivity contribution in [1.29, 1.82) is 0 Å². The number of carbonyl (C=O) groups excluding carboxylic acids is 1. The smallest absolute Gasteiger partial charge is 0.355 e. The first-order valence-corrected chi connectivity index (χ1v) is 11.8. The average molecular weight is 475 g/mol. The Hall–Kier alpha value is -3.92. The van der Waals surface area contributed by atoms with Crippen LogP contribution in [0.5, 0.6) is 0 Å². The van der Waals surface area contributed by atoms with Crippen molar-refractivity contribution in [2.45, 2.75) is 32.7 Å². The summed E-state index contributed by atoms with van der Waals surface area (Å²) >= 11 is 1.37. The standard InChI is InChI=1S/C24H22N6O3S/c1-2-19-20(23(32)33)26-24(34-19)25-13-14-7-9-15(10-8-14)17-5-3-4-6-18(17)21-27-28-29-30(21)22(31)16-11-12-16/h3-10,16H,2,11-13H2,1H3,(H,25,26)(H,32,33). The zero-order valence-electron chi connectivity index (χ0n) is 18.4. The molecule has 4 aromatic rings. The minimum Gasteiger partial charge on any atom is -0.476 e. The fraction of sp³-hybridized carbons (Fsp3) is 0.250. The monoisotopic (exact) mass is 474 g/mol. The molecule has 0 amide bonds. The number of nitrogens with one attached hydrogen (secondary N) is 1. The summed E-state index contributed by atoms with van der Waals surface area (Å²) in [6.07, 6.45) is 2.39. The van der Waals surface area contributed by atoms with E-state index in [9.17, 15) is 14.7 Å². The second-order valence-electron chi connectivity index (χ2n) is 8.07. The van der Waals surface area contributed by atoms with Crippen molar-refractivity contribution in [1.82, 2.24) is 25.2 Å². The maximum Gasteiger partial charge on any atom is 0.355 e. The first-order chi connectivity index (χ1) is 16.5. The highest BCUT2D eigenvalue weighted by molar-refractivity contribution is 7.15. The zero-order chi connectivity index (χ0) is 23.7. The van der Waals surface area contributed by atoms with Crippen molar-refractivity contribution in [3.63, 3.8) is 0 Å². The van der Waals surface area contributed by atoms with Crippen LogP contribution in [0.4, 0.5) is 5.13 Å². The van der Waals surface area contributed by atoms with Gasteiger partial charge in [-0.3, -0.25) is 4.79 Å². The topological polar surface area (TPSA) is 123 Å². The van der Waals surface area contributed by atoms with Crippen LogP contribution in [0.25, 0.3) is 22.5 Å². The van der Waals surface area contributed by atoms with Crippen LogP contribution in [0.1, 0.15) is 45.5 Å². The van der Waals surface area contributed by atoms with Crippen LogP contribution >= 0.6 is 11.3 Å². The highest BCUT2D eigenvalue weighted by Gasteiger charge is 2.33. The Morgan fingerprint density at radius 1 is 1.12 bits per heavy atom. The molecule has 0 aliphatic heterocycles. The molecule has 0 bridgehead atoms. The Kier molecular flexibility index (Phi) is 5.89. The number of carboxylic acid groups (broad SMARTS) is 1. The van der Waals surface area contributed by atoms with Gasteiger partial charge in [0.25, 0.3) is 5.91 Å². The second-order valence-corrected chi connectivity index (χ2v) is 9.16. The third kappa shape index (κ3) is 4.32. The van der Waals surface area contributed by atoms with Crippen LogP contribution in [0.2, 0.25) is 0 Å². The number of hydrogen-bond acceptors (Lipinski definition) is 8. The number of aromatic carboxylic acids is 1. The van der Waals surface area contributed by atoms with Crippen molar-refractivity contribution in [3.05, 3.63) is 64.7 Å². The van der Waals surface area contributed by atoms with Gasteiger partial charge in [-0.15, -0.1) is 16.4 Å². The van der Waals surface area contributed by atoms with E-state index in [-0.39, 0.29) is 17.5 Å². The summed E-state index contributed by atoms with van der Waals surface area (Å²) < 4.78 is 1.32. The molecule has 0 atom stereocenters. The first kappa shape index (κ1) is 21.9. The molecule has 34 heavy (non-hydrogen) atoms. The Balaban J connectivity index is 1.36. The van der Waals surface area contributed by atoms with Gasteiger partial charge in [0.15, 0.2) is 16.6 Å². The lowest BCUT2D eigenvalue weighted by Crippen LogP contribution is -2.16. The van der Waals surface area contributed by atoms with E-state index in [2.05, 4.69) is 25.8 Å². The Morgan fingerprint density at radius 2 is 1.85 bits per heavy atom. The van der Waals surface area contributed by atoms with Crippen LogP contribution in [-0.4, -0.2) is 42.2 Å². The molecule has 0 radical (unpaired) electrons. The predicted octanol–water partition coefficient (Wildman–Crippen LogP) is 4.39. The highest BCUT2D eigenvalue weighted by atomic mass is 32.1. The van der Waals surface area contributed by atoms with Crippen LogP contribution in [0, 0.1) is 5.92 Å². The summed E-state index contributed by atoms with van der Waals surface area (Å²) in [5.41, 5.74) is 3.84. The number of aromatic nitrogens is 5. The van der Waals surface area contributed by atoms with Gasteiger partial charge in [-0.25, -0.2) is 9.78 Å². The van der Waals surface area contributed by atoms with Crippen molar-refractivity contribution in [2.75, 3.05) is 5.32 Å². The Bertz CT molecular complexity index is 1360. The molecular formula is C24H22N6O3S. The van der Waals surface area contributed by atoms with E-state index in [4.69, 9.17) is 0 Å². The fourth-order valence-corrected chi connectivity index (χ4v) is 4.64. The van der Waals surface area contributed by atoms with Gasteiger partial charge in [-0.05, 0) is 46.4 Å². The maximum absolute atomic E-state index is 12.6. The van der Waals surface area contributed by atoms with Gasteiger partial charge in [0, 0.05) is 22.9 Å². The van der Waals surface area contributed by atoms with Gasteiger partial charge >= 0.3 is 5.97 Å². The van der Waals surface area contributed by atoms with Gasteiger partial charge in [0.05, 0.1) is 0 Å². The number of tetrazole rings is 1. The molecule has 2 heterocycles. The van der Waals surface area contributed by atoms with Gasteiger partial charge in [-0.2, -0.15) is 4.68 Å². The van der Waals surface area contributed by atoms with Gasteiger partial charge in [0.1, 0.15) is 0 Å². The van der Waals surface area contributed by atoms with Crippen molar-refractivity contribution in [3.8, 4) is 22.5 Å². The molecule has 1 fully saturated rings. The molecule has 2 aromatic carbocycles. The van der Waals surface area contributed by atoms with Crippen LogP contribution in [-0.2, 0) is 13.0 Å². The first-order valence-electron chi connectivity index (χ1n) is 11.0. The highest BCUT2D eigenvalue weighted by Crippen LogP contribution is 2.34. The number of carbonyl (C=O) groups is 2. The van der Waals surface area contributed by atoms with Gasteiger partial charge in [0.2, 0.25) is 0 Å². The summed E-state index contributed by atoms with van der Waals surface area (Å²) in [5.74, 6) is -0.605. The normalized spacial score (nSPS) is 13.1. The molecule has 10 heteroatoms. The number of rotatable bonds is 8. The van der Waals surface area contributed by atoms with E-state index in [1.54, 1.807) is 0 Å². The van der Waals surface area contributed by atoms with E-state index in [1.807, 2.05) is 55.5 Å². The predicted molar refractivity (Wildman–Crippen MR) is 128 cm³/mol. The number of benzene rings is 2. The SMILES string of the molecule is CCc1sc(NCc2ccc(-c3ccccc3-c3nnnn3C(=O)C3CC3)cc2)nc1C(=O)O. The van der Waals surface area contributed by atoms with Gasteiger partial charge in [-0.1, -0.05) is 55.5 Å². The Labute approximate surface area is 199 Å². The van der Waals surface area contributed by atoms with Crippen LogP contribution in [0.15, 0.2) is 48.5 Å². The summed E-state index contributed by atoms with van der Waals surface area (Å²) in [6, 6.07) is 15.8. The molecule has 1 saturated carbocycles. The molecule has 1 aliphatic carbocycles. The minimum absolute atomic E-state index is 0.0130. The van der Waals surface area contributed by atoms with Crippen LogP contribution < -0.4 is 5.32 Å². The molecule has 172 valence electrons. The molecule has 0 unspecified atom stereocenters. The third-order valence-corrected chi connectivity index (χ3v) is 6.86. The van der Waals surface area contributed by atoms with Crippen molar-refractivity contribution >= 4 is 28.3 Å².